The average Bonchev–Trinajstić information content (AvgIpc) is 2.85. The van der Waals surface area contributed by atoms with Crippen LogP contribution in [0.3, 0.4) is 0 Å². The number of aryl methyl sites for hydroxylation is 1. The lowest BCUT2D eigenvalue weighted by Gasteiger charge is -2.26. The molecule has 110 valence electrons. The van der Waals surface area contributed by atoms with Crippen LogP contribution in [0, 0.1) is 12.8 Å². The van der Waals surface area contributed by atoms with Crippen molar-refractivity contribution in [1.82, 2.24) is 4.90 Å². The van der Waals surface area contributed by atoms with Gasteiger partial charge in [-0.05, 0) is 38.8 Å². The average molecular weight is 277 g/mol. The molecule has 1 aromatic carbocycles. The van der Waals surface area contributed by atoms with E-state index in [1.807, 2.05) is 12.1 Å². The van der Waals surface area contributed by atoms with E-state index in [0.717, 1.165) is 25.3 Å². The van der Waals surface area contributed by atoms with Crippen LogP contribution >= 0.6 is 0 Å². The molecule has 20 heavy (non-hydrogen) atoms. The lowest BCUT2D eigenvalue weighted by Crippen LogP contribution is -2.25. The van der Waals surface area contributed by atoms with Crippen molar-refractivity contribution in [1.29, 1.82) is 0 Å². The minimum Gasteiger partial charge on any atom is -0.496 e. The zero-order chi connectivity index (χ0) is 14.7. The van der Waals surface area contributed by atoms with Crippen LogP contribution in [-0.4, -0.2) is 36.2 Å². The Labute approximate surface area is 120 Å². The predicted molar refractivity (Wildman–Crippen MR) is 78.1 cm³/mol. The number of aliphatic carboxylic acids is 1. The van der Waals surface area contributed by atoms with Crippen molar-refractivity contribution < 1.29 is 14.6 Å². The highest BCUT2D eigenvalue weighted by Gasteiger charge is 2.29. The topological polar surface area (TPSA) is 49.8 Å². The molecular formula is C16H23NO3. The maximum atomic E-state index is 10.8. The molecular weight excluding hydrogens is 254 g/mol. The van der Waals surface area contributed by atoms with E-state index in [0.29, 0.717) is 0 Å². The largest absolute Gasteiger partial charge is 0.496 e. The Morgan fingerprint density at radius 3 is 2.95 bits per heavy atom. The van der Waals surface area contributed by atoms with Crippen LogP contribution in [0.1, 0.15) is 36.9 Å². The second kappa shape index (κ2) is 6.27. The number of carbonyl (C=O) groups is 1. The molecule has 1 saturated heterocycles. The molecule has 1 heterocycles. The predicted octanol–water partition coefficient (Wildman–Crippen LogP) is 2.86. The highest BCUT2D eigenvalue weighted by atomic mass is 16.5. The van der Waals surface area contributed by atoms with Gasteiger partial charge in [0.2, 0.25) is 0 Å². The summed E-state index contributed by atoms with van der Waals surface area (Å²) in [4.78, 5) is 13.2. The molecule has 1 fully saturated rings. The first-order valence-electron chi connectivity index (χ1n) is 7.11. The van der Waals surface area contributed by atoms with Crippen molar-refractivity contribution >= 4 is 5.97 Å². The molecule has 4 nitrogen and oxygen atoms in total. The van der Waals surface area contributed by atoms with Crippen molar-refractivity contribution in [2.45, 2.75) is 32.7 Å². The molecule has 0 saturated carbocycles. The van der Waals surface area contributed by atoms with Crippen LogP contribution in [0.25, 0.3) is 0 Å². The van der Waals surface area contributed by atoms with Crippen LogP contribution in [0.5, 0.6) is 5.75 Å². The smallest absolute Gasteiger partial charge is 0.303 e. The zero-order valence-corrected chi connectivity index (χ0v) is 12.4. The summed E-state index contributed by atoms with van der Waals surface area (Å²) in [5.74, 6) is 0.480. The minimum absolute atomic E-state index is 0.253. The molecule has 2 atom stereocenters. The van der Waals surface area contributed by atoms with Gasteiger partial charge in [-0.1, -0.05) is 17.7 Å². The van der Waals surface area contributed by atoms with E-state index in [9.17, 15) is 4.79 Å². The molecule has 0 amide bonds. The van der Waals surface area contributed by atoms with Gasteiger partial charge in [0.05, 0.1) is 7.11 Å². The molecule has 0 bridgehead atoms. The number of ether oxygens (including phenoxy) is 1. The third-order valence-corrected chi connectivity index (χ3v) is 4.16. The number of hydrogen-bond donors (Lipinski definition) is 1. The standard InChI is InChI=1S/C16H23NO3/c1-11-4-5-15(20-3)14(8-11)12(2)17-7-6-13(10-17)9-16(18)19/h4-5,8,12-13H,6-7,9-10H2,1-3H3,(H,18,19). The summed E-state index contributed by atoms with van der Waals surface area (Å²) in [6.45, 7) is 6.05. The third-order valence-electron chi connectivity index (χ3n) is 4.16. The van der Waals surface area contributed by atoms with Gasteiger partial charge in [-0.25, -0.2) is 0 Å². The van der Waals surface area contributed by atoms with Gasteiger partial charge in [0.15, 0.2) is 0 Å². The van der Waals surface area contributed by atoms with Crippen molar-refractivity contribution in [3.63, 3.8) is 0 Å². The number of hydrogen-bond acceptors (Lipinski definition) is 3. The van der Waals surface area contributed by atoms with E-state index < -0.39 is 5.97 Å². The van der Waals surface area contributed by atoms with Crippen LogP contribution in [-0.2, 0) is 4.79 Å². The molecule has 2 rings (SSSR count). The van der Waals surface area contributed by atoms with E-state index >= 15 is 0 Å². The highest BCUT2D eigenvalue weighted by Crippen LogP contribution is 2.34. The van der Waals surface area contributed by atoms with Crippen LogP contribution in [0.2, 0.25) is 0 Å². The number of rotatable bonds is 5. The summed E-state index contributed by atoms with van der Waals surface area (Å²) in [7, 11) is 1.69. The number of nitrogens with zero attached hydrogens (tertiary/aromatic N) is 1. The Morgan fingerprint density at radius 2 is 2.30 bits per heavy atom. The SMILES string of the molecule is COc1ccc(C)cc1C(C)N1CCC(CC(=O)O)C1. The first kappa shape index (κ1) is 14.9. The van der Waals surface area contributed by atoms with E-state index in [-0.39, 0.29) is 18.4 Å². The van der Waals surface area contributed by atoms with Gasteiger partial charge < -0.3 is 9.84 Å². The Hall–Kier alpha value is -1.55. The minimum atomic E-state index is -0.697. The van der Waals surface area contributed by atoms with Crippen molar-refractivity contribution in [2.24, 2.45) is 5.92 Å². The summed E-state index contributed by atoms with van der Waals surface area (Å²) in [5.41, 5.74) is 2.40. The fourth-order valence-corrected chi connectivity index (χ4v) is 3.00. The third kappa shape index (κ3) is 3.31. The number of benzene rings is 1. The van der Waals surface area contributed by atoms with Gasteiger partial charge >= 0.3 is 5.97 Å². The molecule has 0 aromatic heterocycles. The first-order valence-corrected chi connectivity index (χ1v) is 7.11. The first-order chi connectivity index (χ1) is 9.51. The van der Waals surface area contributed by atoms with Gasteiger partial charge in [0.1, 0.15) is 5.75 Å². The lowest BCUT2D eigenvalue weighted by atomic mass is 10.0. The van der Waals surface area contributed by atoms with E-state index in [1.165, 1.54) is 11.1 Å². The fraction of sp³-hybridized carbons (Fsp3) is 0.562. The van der Waals surface area contributed by atoms with Gasteiger partial charge in [0, 0.05) is 24.6 Å². The molecule has 0 aliphatic carbocycles. The number of methoxy groups -OCH3 is 1. The second-order valence-corrected chi connectivity index (χ2v) is 5.67. The summed E-state index contributed by atoms with van der Waals surface area (Å²) in [5, 5.41) is 8.90. The molecule has 1 aliphatic heterocycles. The molecule has 1 aliphatic rings. The van der Waals surface area contributed by atoms with Gasteiger partial charge in [0.25, 0.3) is 0 Å². The van der Waals surface area contributed by atoms with Gasteiger partial charge in [-0.15, -0.1) is 0 Å². The van der Waals surface area contributed by atoms with Gasteiger partial charge in [-0.2, -0.15) is 0 Å². The summed E-state index contributed by atoms with van der Waals surface area (Å²) < 4.78 is 5.45. The molecule has 2 unspecified atom stereocenters. The molecule has 0 radical (unpaired) electrons. The monoisotopic (exact) mass is 277 g/mol. The number of likely N-dealkylation sites (tertiary alicyclic amines) is 1. The van der Waals surface area contributed by atoms with Crippen LogP contribution in [0.4, 0.5) is 0 Å². The van der Waals surface area contributed by atoms with Crippen LogP contribution in [0.15, 0.2) is 18.2 Å². The van der Waals surface area contributed by atoms with Crippen molar-refractivity contribution in [3.8, 4) is 5.75 Å². The quantitative estimate of drug-likeness (QED) is 0.899. The lowest BCUT2D eigenvalue weighted by molar-refractivity contribution is -0.138. The van der Waals surface area contributed by atoms with Crippen molar-refractivity contribution in [2.75, 3.05) is 20.2 Å². The summed E-state index contributed by atoms with van der Waals surface area (Å²) in [6, 6.07) is 6.47. The highest BCUT2D eigenvalue weighted by molar-refractivity contribution is 5.67. The number of carboxylic acid groups (broad SMARTS) is 1. The fourth-order valence-electron chi connectivity index (χ4n) is 3.00. The Morgan fingerprint density at radius 1 is 1.55 bits per heavy atom. The summed E-state index contributed by atoms with van der Waals surface area (Å²) in [6.07, 6.45) is 1.24. The second-order valence-electron chi connectivity index (χ2n) is 5.67. The van der Waals surface area contributed by atoms with E-state index in [2.05, 4.69) is 24.8 Å². The molecule has 1 aromatic rings. The van der Waals surface area contributed by atoms with Crippen molar-refractivity contribution in [3.05, 3.63) is 29.3 Å². The zero-order valence-electron chi connectivity index (χ0n) is 12.4. The molecule has 1 N–H and O–H groups in total. The summed E-state index contributed by atoms with van der Waals surface area (Å²) >= 11 is 0. The molecule has 4 heteroatoms. The maximum absolute atomic E-state index is 10.8. The van der Waals surface area contributed by atoms with E-state index in [1.54, 1.807) is 7.11 Å². The number of carboxylic acids is 1. The van der Waals surface area contributed by atoms with Gasteiger partial charge in [-0.3, -0.25) is 9.69 Å². The Kier molecular flexibility index (Phi) is 4.65. The Bertz CT molecular complexity index is 487. The van der Waals surface area contributed by atoms with Crippen LogP contribution < -0.4 is 4.74 Å². The maximum Gasteiger partial charge on any atom is 0.303 e. The molecule has 0 spiro atoms. The Balaban J connectivity index is 2.10. The normalized spacial score (nSPS) is 20.9. The van der Waals surface area contributed by atoms with E-state index in [4.69, 9.17) is 9.84 Å².